The summed E-state index contributed by atoms with van der Waals surface area (Å²) in [5.41, 5.74) is 2.76. The SMILES string of the molecule is Cc1cc2oc(=O)cc(CN3CCC(NC(=O)c4ccsc4)CC3)c2cc1Cl. The van der Waals surface area contributed by atoms with Gasteiger partial charge in [0, 0.05) is 53.1 Å². The number of nitrogens with zero attached hydrogens (tertiary/aromatic N) is 1. The molecule has 0 bridgehead atoms. The molecule has 0 atom stereocenters. The van der Waals surface area contributed by atoms with Crippen molar-refractivity contribution in [3.8, 4) is 0 Å². The van der Waals surface area contributed by atoms with Gasteiger partial charge >= 0.3 is 5.63 Å². The van der Waals surface area contributed by atoms with Gasteiger partial charge < -0.3 is 9.73 Å². The van der Waals surface area contributed by atoms with E-state index in [0.717, 1.165) is 48.0 Å². The van der Waals surface area contributed by atoms with Gasteiger partial charge in [-0.25, -0.2) is 4.79 Å². The predicted molar refractivity (Wildman–Crippen MR) is 112 cm³/mol. The second-order valence-electron chi connectivity index (χ2n) is 7.22. The van der Waals surface area contributed by atoms with Crippen molar-refractivity contribution in [3.63, 3.8) is 0 Å². The van der Waals surface area contributed by atoms with Crippen molar-refractivity contribution in [1.29, 1.82) is 0 Å². The second kappa shape index (κ2) is 8.07. The predicted octanol–water partition coefficient (Wildman–Crippen LogP) is 4.21. The monoisotopic (exact) mass is 416 g/mol. The first-order valence-corrected chi connectivity index (χ1v) is 10.6. The third-order valence-corrected chi connectivity index (χ3v) is 6.30. The van der Waals surface area contributed by atoms with E-state index in [-0.39, 0.29) is 17.6 Å². The maximum absolute atomic E-state index is 12.2. The number of amides is 1. The van der Waals surface area contributed by atoms with E-state index in [1.54, 1.807) is 6.07 Å². The van der Waals surface area contributed by atoms with Gasteiger partial charge in [0.05, 0.1) is 0 Å². The van der Waals surface area contributed by atoms with E-state index in [0.29, 0.717) is 17.2 Å². The number of piperidine rings is 1. The Morgan fingerprint density at radius 3 is 2.82 bits per heavy atom. The molecule has 28 heavy (non-hydrogen) atoms. The molecule has 1 saturated heterocycles. The molecule has 0 spiro atoms. The van der Waals surface area contributed by atoms with Crippen molar-refractivity contribution in [2.24, 2.45) is 0 Å². The Morgan fingerprint density at radius 2 is 2.11 bits per heavy atom. The zero-order chi connectivity index (χ0) is 19.7. The molecule has 0 radical (unpaired) electrons. The number of rotatable bonds is 4. The van der Waals surface area contributed by atoms with Gasteiger partial charge in [0.15, 0.2) is 0 Å². The summed E-state index contributed by atoms with van der Waals surface area (Å²) in [6.07, 6.45) is 1.77. The van der Waals surface area contributed by atoms with Gasteiger partial charge in [-0.15, -0.1) is 0 Å². The zero-order valence-electron chi connectivity index (χ0n) is 15.5. The van der Waals surface area contributed by atoms with E-state index in [1.807, 2.05) is 35.9 Å². The number of hydrogen-bond acceptors (Lipinski definition) is 5. The van der Waals surface area contributed by atoms with Crippen LogP contribution in [0.5, 0.6) is 0 Å². The smallest absolute Gasteiger partial charge is 0.336 e. The molecule has 0 aliphatic carbocycles. The molecule has 0 unspecified atom stereocenters. The fourth-order valence-electron chi connectivity index (χ4n) is 3.62. The Bertz CT molecular complexity index is 1050. The Hall–Kier alpha value is -2.15. The van der Waals surface area contributed by atoms with Crippen LogP contribution in [0.25, 0.3) is 11.0 Å². The lowest BCUT2D eigenvalue weighted by Crippen LogP contribution is -2.44. The lowest BCUT2D eigenvalue weighted by Gasteiger charge is -2.32. The molecule has 4 rings (SSSR count). The molecular weight excluding hydrogens is 396 g/mol. The highest BCUT2D eigenvalue weighted by Gasteiger charge is 2.22. The summed E-state index contributed by atoms with van der Waals surface area (Å²) in [7, 11) is 0. The summed E-state index contributed by atoms with van der Waals surface area (Å²) in [6, 6.07) is 7.26. The van der Waals surface area contributed by atoms with Gasteiger partial charge in [-0.05, 0) is 54.5 Å². The topological polar surface area (TPSA) is 62.6 Å². The summed E-state index contributed by atoms with van der Waals surface area (Å²) in [4.78, 5) is 26.5. The molecule has 1 N–H and O–H groups in total. The number of aryl methyl sites for hydroxylation is 1. The highest BCUT2D eigenvalue weighted by molar-refractivity contribution is 7.08. The number of halogens is 1. The summed E-state index contributed by atoms with van der Waals surface area (Å²) >= 11 is 7.80. The van der Waals surface area contributed by atoms with Crippen molar-refractivity contribution in [2.45, 2.75) is 32.4 Å². The number of hydrogen-bond donors (Lipinski definition) is 1. The Morgan fingerprint density at radius 1 is 1.32 bits per heavy atom. The van der Waals surface area contributed by atoms with Crippen LogP contribution >= 0.6 is 22.9 Å². The zero-order valence-corrected chi connectivity index (χ0v) is 17.1. The maximum Gasteiger partial charge on any atom is 0.336 e. The third kappa shape index (κ3) is 4.14. The molecule has 5 nitrogen and oxygen atoms in total. The first-order valence-electron chi connectivity index (χ1n) is 9.28. The van der Waals surface area contributed by atoms with Crippen LogP contribution in [0, 0.1) is 6.92 Å². The largest absolute Gasteiger partial charge is 0.423 e. The molecule has 1 aromatic carbocycles. The van der Waals surface area contributed by atoms with E-state index in [9.17, 15) is 9.59 Å². The number of fused-ring (bicyclic) bond motifs is 1. The van der Waals surface area contributed by atoms with Crippen LogP contribution in [0.2, 0.25) is 5.02 Å². The van der Waals surface area contributed by atoms with Crippen LogP contribution in [0.3, 0.4) is 0 Å². The van der Waals surface area contributed by atoms with Crippen LogP contribution in [0.1, 0.15) is 34.3 Å². The van der Waals surface area contributed by atoms with Crippen LogP contribution < -0.4 is 10.9 Å². The molecule has 146 valence electrons. The van der Waals surface area contributed by atoms with Crippen LogP contribution in [-0.4, -0.2) is 29.9 Å². The number of nitrogens with one attached hydrogen (secondary N) is 1. The van der Waals surface area contributed by atoms with Gasteiger partial charge in [-0.3, -0.25) is 9.69 Å². The molecule has 1 aliphatic rings. The molecular formula is C21H21ClN2O3S. The normalized spacial score (nSPS) is 15.8. The van der Waals surface area contributed by atoms with E-state index in [1.165, 1.54) is 11.3 Å². The highest BCUT2D eigenvalue weighted by Crippen LogP contribution is 2.26. The van der Waals surface area contributed by atoms with E-state index < -0.39 is 0 Å². The molecule has 3 aromatic rings. The second-order valence-corrected chi connectivity index (χ2v) is 8.41. The average molecular weight is 417 g/mol. The van der Waals surface area contributed by atoms with Crippen molar-refractivity contribution in [3.05, 3.63) is 67.2 Å². The lowest BCUT2D eigenvalue weighted by molar-refractivity contribution is 0.0909. The van der Waals surface area contributed by atoms with Gasteiger partial charge in [-0.2, -0.15) is 11.3 Å². The summed E-state index contributed by atoms with van der Waals surface area (Å²) in [6.45, 7) is 4.27. The minimum absolute atomic E-state index is 0.00336. The van der Waals surface area contributed by atoms with Crippen molar-refractivity contribution < 1.29 is 9.21 Å². The average Bonchev–Trinajstić information content (AvgIpc) is 3.20. The molecule has 3 heterocycles. The first kappa shape index (κ1) is 19.2. The molecule has 7 heteroatoms. The van der Waals surface area contributed by atoms with Gasteiger partial charge in [0.1, 0.15) is 5.58 Å². The summed E-state index contributed by atoms with van der Waals surface area (Å²) < 4.78 is 5.34. The highest BCUT2D eigenvalue weighted by atomic mass is 35.5. The quantitative estimate of drug-likeness (QED) is 0.647. The van der Waals surface area contributed by atoms with Crippen molar-refractivity contribution >= 4 is 39.8 Å². The van der Waals surface area contributed by atoms with Crippen molar-refractivity contribution in [2.75, 3.05) is 13.1 Å². The number of carbonyl (C=O) groups excluding carboxylic acids is 1. The first-order chi connectivity index (χ1) is 13.5. The minimum Gasteiger partial charge on any atom is -0.423 e. The van der Waals surface area contributed by atoms with Crippen molar-refractivity contribution in [1.82, 2.24) is 10.2 Å². The fraction of sp³-hybridized carbons (Fsp3) is 0.333. The Kier molecular flexibility index (Phi) is 5.53. The van der Waals surface area contributed by atoms with Gasteiger partial charge in [0.25, 0.3) is 5.91 Å². The standard InChI is InChI=1S/C21H21ClN2O3S/c1-13-8-19-17(10-18(13)22)15(9-20(25)27-19)11-24-5-2-16(3-6-24)23-21(26)14-4-7-28-12-14/h4,7-10,12,16H,2-3,5-6,11H2,1H3,(H,23,26). The van der Waals surface area contributed by atoms with E-state index >= 15 is 0 Å². The van der Waals surface area contributed by atoms with Crippen LogP contribution in [0.4, 0.5) is 0 Å². The summed E-state index contributed by atoms with van der Waals surface area (Å²) in [5.74, 6) is -0.00336. The van der Waals surface area contributed by atoms with E-state index in [2.05, 4.69) is 10.2 Å². The third-order valence-electron chi connectivity index (χ3n) is 5.21. The van der Waals surface area contributed by atoms with Gasteiger partial charge in [0.2, 0.25) is 0 Å². The minimum atomic E-state index is -0.345. The number of carbonyl (C=O) groups is 1. The number of benzene rings is 1. The number of likely N-dealkylation sites (tertiary alicyclic amines) is 1. The number of thiophene rings is 1. The fourth-order valence-corrected chi connectivity index (χ4v) is 4.42. The molecule has 0 saturated carbocycles. The lowest BCUT2D eigenvalue weighted by atomic mass is 10.0. The maximum atomic E-state index is 12.2. The summed E-state index contributed by atoms with van der Waals surface area (Å²) in [5, 5.41) is 8.43. The van der Waals surface area contributed by atoms with Gasteiger partial charge in [-0.1, -0.05) is 11.6 Å². The molecule has 1 amide bonds. The Labute approximate surface area is 171 Å². The van der Waals surface area contributed by atoms with Crippen LogP contribution in [-0.2, 0) is 6.54 Å². The van der Waals surface area contributed by atoms with Crippen LogP contribution in [0.15, 0.2) is 44.2 Å². The Balaban J connectivity index is 1.43. The van der Waals surface area contributed by atoms with E-state index in [4.69, 9.17) is 16.0 Å². The molecule has 2 aromatic heterocycles. The molecule has 1 fully saturated rings. The molecule has 1 aliphatic heterocycles.